The molecule has 0 radical (unpaired) electrons. The molecule has 26 heavy (non-hydrogen) atoms. The number of nitrogens with zero attached hydrogens (tertiary/aromatic N) is 3. The second-order valence-corrected chi connectivity index (χ2v) is 5.22. The van der Waals surface area contributed by atoms with Gasteiger partial charge in [-0.25, -0.2) is 0 Å². The van der Waals surface area contributed by atoms with E-state index in [2.05, 4.69) is 16.0 Å². The van der Waals surface area contributed by atoms with Crippen molar-refractivity contribution in [1.29, 1.82) is 5.26 Å². The van der Waals surface area contributed by atoms with E-state index in [4.69, 9.17) is 16.9 Å². The summed E-state index contributed by atoms with van der Waals surface area (Å²) in [6, 6.07) is 11.3. The van der Waals surface area contributed by atoms with Gasteiger partial charge in [0.1, 0.15) is 6.54 Å². The number of aliphatic imine (C=N–C) groups is 1. The molecule has 1 aliphatic rings. The molecular formula is C16H12CaClN5O3+2. The van der Waals surface area contributed by atoms with Crippen LogP contribution in [0.3, 0.4) is 0 Å². The van der Waals surface area contributed by atoms with Gasteiger partial charge in [-0.1, -0.05) is 29.8 Å². The van der Waals surface area contributed by atoms with Crippen LogP contribution < -0.4 is 11.1 Å². The van der Waals surface area contributed by atoms with Crippen molar-refractivity contribution in [2.24, 2.45) is 10.7 Å². The van der Waals surface area contributed by atoms with Crippen molar-refractivity contribution in [3.63, 3.8) is 0 Å². The van der Waals surface area contributed by atoms with Crippen LogP contribution in [-0.2, 0) is 4.79 Å². The van der Waals surface area contributed by atoms with Gasteiger partial charge >= 0.3 is 37.7 Å². The van der Waals surface area contributed by atoms with Gasteiger partial charge in [-0.3, -0.25) is 19.9 Å². The third-order valence-corrected chi connectivity index (χ3v) is 3.58. The molecule has 1 heterocycles. The predicted molar refractivity (Wildman–Crippen MR) is 99.2 cm³/mol. The number of anilines is 1. The van der Waals surface area contributed by atoms with Crippen molar-refractivity contribution >= 4 is 72.3 Å². The van der Waals surface area contributed by atoms with Crippen LogP contribution in [0.15, 0.2) is 47.5 Å². The summed E-state index contributed by atoms with van der Waals surface area (Å²) in [4.78, 5) is 26.5. The quantitative estimate of drug-likeness (QED) is 0.263. The Morgan fingerprint density at radius 1 is 1.27 bits per heavy atom. The van der Waals surface area contributed by atoms with Gasteiger partial charge < -0.3 is 11.1 Å². The Labute approximate surface area is 183 Å². The Kier molecular flexibility index (Phi) is 8.48. The molecule has 2 aromatic carbocycles. The number of carbonyl (C=O) groups is 1. The van der Waals surface area contributed by atoms with Gasteiger partial charge in [-0.15, -0.1) is 0 Å². The number of non-ortho nitro benzene ring substituents is 1. The Balaban J connectivity index is 0.000000791. The zero-order chi connectivity index (χ0) is 18.4. The van der Waals surface area contributed by atoms with Gasteiger partial charge in [0.15, 0.2) is 6.19 Å². The third-order valence-electron chi connectivity index (χ3n) is 3.25. The van der Waals surface area contributed by atoms with Crippen LogP contribution in [0.4, 0.5) is 11.4 Å². The summed E-state index contributed by atoms with van der Waals surface area (Å²) in [5.41, 5.74) is 6.12. The minimum Gasteiger partial charge on any atom is -0.337 e. The van der Waals surface area contributed by atoms with Crippen LogP contribution in [0.1, 0.15) is 11.1 Å². The monoisotopic (exact) mass is 397 g/mol. The smallest absolute Gasteiger partial charge is 0.337 e. The van der Waals surface area contributed by atoms with Crippen molar-refractivity contribution in [3.05, 3.63) is 68.7 Å². The number of nitrogens with one attached hydrogen (secondary N) is 1. The van der Waals surface area contributed by atoms with E-state index in [0.717, 1.165) is 0 Å². The first-order chi connectivity index (χ1) is 12.0. The van der Waals surface area contributed by atoms with Crippen LogP contribution in [0.2, 0.25) is 5.02 Å². The number of amides is 1. The molecule has 10 heteroatoms. The van der Waals surface area contributed by atoms with Gasteiger partial charge in [0.2, 0.25) is 5.91 Å². The van der Waals surface area contributed by atoms with Crippen molar-refractivity contribution in [2.75, 3.05) is 11.9 Å². The molecule has 1 aliphatic heterocycles. The van der Waals surface area contributed by atoms with Crippen LogP contribution in [0, 0.1) is 21.6 Å². The molecule has 1 amide bonds. The first kappa shape index (κ1) is 21.9. The third kappa shape index (κ3) is 5.16. The van der Waals surface area contributed by atoms with Crippen LogP contribution in [-0.4, -0.2) is 60.8 Å². The fraction of sp³-hybridized carbons (Fsp3) is 0.0625. The standard InChI is InChI=1S/C15H10ClN3O3.CH2N2.Ca/c16-12-4-2-1-3-10(12)15-11-7-9(19(21)22)5-6-13(11)18-14(20)8-17-15;2-1-3;/h1-7H,8H2,(H,18,20);2H2;/q;;+2. The predicted octanol–water partition coefficient (Wildman–Crippen LogP) is 2.08. The molecule has 0 fully saturated rings. The number of rotatable bonds is 2. The number of benzene rings is 2. The summed E-state index contributed by atoms with van der Waals surface area (Å²) in [6.07, 6.45) is 1.25. The molecule has 2 aromatic rings. The van der Waals surface area contributed by atoms with Crippen molar-refractivity contribution in [2.45, 2.75) is 0 Å². The summed E-state index contributed by atoms with van der Waals surface area (Å²) in [5.74, 6) is -0.280. The number of nitro groups is 1. The van der Waals surface area contributed by atoms with Gasteiger partial charge in [-0.2, -0.15) is 5.26 Å². The van der Waals surface area contributed by atoms with Crippen molar-refractivity contribution in [1.82, 2.24) is 0 Å². The molecule has 3 N–H and O–H groups in total. The fourth-order valence-electron chi connectivity index (χ4n) is 2.26. The SMILES string of the molecule is N#CN.O=C1CN=C(c2ccccc2Cl)c2cc([N+](=O)[O-])ccc2N1.[Ca+2]. The van der Waals surface area contributed by atoms with Gasteiger partial charge in [0.05, 0.1) is 16.3 Å². The second kappa shape index (κ2) is 10.1. The maximum Gasteiger partial charge on any atom is 2.00 e. The number of nitriles is 1. The molecule has 0 atom stereocenters. The van der Waals surface area contributed by atoms with E-state index >= 15 is 0 Å². The summed E-state index contributed by atoms with van der Waals surface area (Å²) in [7, 11) is 0. The van der Waals surface area contributed by atoms with Gasteiger partial charge in [-0.05, 0) is 12.1 Å². The minimum absolute atomic E-state index is 0. The zero-order valence-electron chi connectivity index (χ0n) is 13.5. The molecule has 0 aromatic heterocycles. The molecule has 0 saturated heterocycles. The number of carbonyl (C=O) groups excluding carboxylic acids is 1. The number of hydrogen-bond acceptors (Lipinski definition) is 6. The maximum absolute atomic E-state index is 11.7. The number of nitrogens with two attached hydrogens (primary N) is 1. The molecule has 0 spiro atoms. The Hall–Kier alpha value is -2.18. The van der Waals surface area contributed by atoms with Gasteiger partial charge in [0, 0.05) is 28.3 Å². The van der Waals surface area contributed by atoms with E-state index in [1.807, 2.05) is 0 Å². The topological polar surface area (TPSA) is 134 Å². The molecule has 0 bridgehead atoms. The number of nitro benzene ring substituents is 1. The van der Waals surface area contributed by atoms with E-state index in [9.17, 15) is 14.9 Å². The van der Waals surface area contributed by atoms with Crippen LogP contribution >= 0.6 is 11.6 Å². The minimum atomic E-state index is -0.489. The Morgan fingerprint density at radius 2 is 1.92 bits per heavy atom. The molecule has 0 aliphatic carbocycles. The summed E-state index contributed by atoms with van der Waals surface area (Å²) < 4.78 is 0. The number of fused-ring (bicyclic) bond motifs is 1. The van der Waals surface area contributed by atoms with E-state index in [-0.39, 0.29) is 55.9 Å². The first-order valence-corrected chi connectivity index (χ1v) is 7.33. The zero-order valence-corrected chi connectivity index (χ0v) is 16.4. The van der Waals surface area contributed by atoms with E-state index in [0.29, 0.717) is 27.5 Å². The first-order valence-electron chi connectivity index (χ1n) is 6.95. The molecule has 3 rings (SSSR count). The molecule has 8 nitrogen and oxygen atoms in total. The fourth-order valence-corrected chi connectivity index (χ4v) is 2.49. The maximum atomic E-state index is 11.7. The van der Waals surface area contributed by atoms with E-state index in [1.54, 1.807) is 24.3 Å². The van der Waals surface area contributed by atoms with Crippen LogP contribution in [0.5, 0.6) is 0 Å². The van der Waals surface area contributed by atoms with Crippen LogP contribution in [0.25, 0.3) is 0 Å². The largest absolute Gasteiger partial charge is 2.00 e. The molecule has 0 saturated carbocycles. The normalized spacial score (nSPS) is 11.8. The van der Waals surface area contributed by atoms with Gasteiger partial charge in [0.25, 0.3) is 5.69 Å². The average Bonchev–Trinajstić information content (AvgIpc) is 2.74. The number of halogens is 1. The summed E-state index contributed by atoms with van der Waals surface area (Å²) in [5, 5.41) is 21.3. The number of hydrogen-bond donors (Lipinski definition) is 2. The average molecular weight is 398 g/mol. The Bertz CT molecular complexity index is 911. The molecule has 0 unspecified atom stereocenters. The van der Waals surface area contributed by atoms with Crippen molar-refractivity contribution < 1.29 is 9.72 Å². The number of benzodiazepines with no additional fused rings is 1. The second-order valence-electron chi connectivity index (χ2n) is 4.81. The Morgan fingerprint density at radius 3 is 2.54 bits per heavy atom. The summed E-state index contributed by atoms with van der Waals surface area (Å²) in [6.45, 7) is -0.0664. The summed E-state index contributed by atoms with van der Waals surface area (Å²) >= 11 is 6.20. The van der Waals surface area contributed by atoms with E-state index in [1.165, 1.54) is 24.4 Å². The molecule has 126 valence electrons. The van der Waals surface area contributed by atoms with Crippen molar-refractivity contribution in [3.8, 4) is 6.19 Å². The molecular weight excluding hydrogens is 386 g/mol. The van der Waals surface area contributed by atoms with E-state index < -0.39 is 4.92 Å².